The molecule has 1 saturated carbocycles. The van der Waals surface area contributed by atoms with Crippen LogP contribution in [0.1, 0.15) is 19.8 Å². The van der Waals surface area contributed by atoms with Gasteiger partial charge in [0.2, 0.25) is 0 Å². The van der Waals surface area contributed by atoms with E-state index in [0.29, 0.717) is 12.5 Å². The van der Waals surface area contributed by atoms with E-state index in [9.17, 15) is 0 Å². The molecule has 1 atom stereocenters. The Hall–Kier alpha value is -0.570. The third-order valence-corrected chi connectivity index (χ3v) is 1.93. The minimum absolute atomic E-state index is 0.187. The number of hydrogen-bond acceptors (Lipinski definition) is 2. The Kier molecular flexibility index (Phi) is 2.88. The minimum atomic E-state index is 0.187. The number of nitrogens with two attached hydrogens (primary N) is 1. The minimum Gasteiger partial charge on any atom is -0.387 e. The molecule has 0 spiro atoms. The van der Waals surface area contributed by atoms with Crippen molar-refractivity contribution in [2.45, 2.75) is 25.9 Å². The van der Waals surface area contributed by atoms with Gasteiger partial charge in [-0.15, -0.1) is 0 Å². The summed E-state index contributed by atoms with van der Waals surface area (Å²) in [5, 5.41) is 0. The summed E-state index contributed by atoms with van der Waals surface area (Å²) in [6, 6.07) is 0. The highest BCUT2D eigenvalue weighted by atomic mass is 16.5. The predicted molar refractivity (Wildman–Crippen MR) is 45.7 cm³/mol. The third kappa shape index (κ3) is 2.89. The second-order valence-corrected chi connectivity index (χ2v) is 3.09. The van der Waals surface area contributed by atoms with Gasteiger partial charge in [-0.25, -0.2) is 0 Å². The molecule has 1 aliphatic carbocycles. The van der Waals surface area contributed by atoms with Gasteiger partial charge in [-0.1, -0.05) is 0 Å². The van der Waals surface area contributed by atoms with E-state index in [2.05, 4.69) is 4.99 Å². The topological polar surface area (TPSA) is 47.6 Å². The summed E-state index contributed by atoms with van der Waals surface area (Å²) in [7, 11) is 1.69. The maximum absolute atomic E-state index is 5.68. The van der Waals surface area contributed by atoms with Crippen LogP contribution in [0.5, 0.6) is 0 Å². The molecule has 0 aromatic rings. The van der Waals surface area contributed by atoms with E-state index < -0.39 is 0 Å². The van der Waals surface area contributed by atoms with Crippen LogP contribution < -0.4 is 5.73 Å². The van der Waals surface area contributed by atoms with Crippen LogP contribution in [0.15, 0.2) is 4.99 Å². The fourth-order valence-electron chi connectivity index (χ4n) is 0.817. The first-order valence-electron chi connectivity index (χ1n) is 4.06. The Balaban J connectivity index is 2.21. The number of amidine groups is 1. The molecule has 0 aromatic carbocycles. The summed E-state index contributed by atoms with van der Waals surface area (Å²) in [6.07, 6.45) is 2.63. The van der Waals surface area contributed by atoms with Crippen LogP contribution in [0.3, 0.4) is 0 Å². The van der Waals surface area contributed by atoms with Crippen molar-refractivity contribution in [3.8, 4) is 0 Å². The molecule has 0 aliphatic heterocycles. The van der Waals surface area contributed by atoms with Gasteiger partial charge in [-0.3, -0.25) is 4.99 Å². The smallest absolute Gasteiger partial charge is 0.0969 e. The Morgan fingerprint density at radius 2 is 2.36 bits per heavy atom. The molecule has 64 valence electrons. The van der Waals surface area contributed by atoms with Crippen LogP contribution in [-0.4, -0.2) is 25.6 Å². The Morgan fingerprint density at radius 3 is 2.82 bits per heavy atom. The van der Waals surface area contributed by atoms with Gasteiger partial charge < -0.3 is 10.5 Å². The molecule has 0 amide bonds. The molecule has 0 aromatic heterocycles. The van der Waals surface area contributed by atoms with Gasteiger partial charge >= 0.3 is 0 Å². The number of methoxy groups -OCH3 is 1. The average Bonchev–Trinajstić information content (AvgIpc) is 2.81. The molecular formula is C8H16N2O. The zero-order valence-corrected chi connectivity index (χ0v) is 7.21. The molecule has 3 nitrogen and oxygen atoms in total. The molecule has 3 heteroatoms. The molecule has 0 saturated heterocycles. The van der Waals surface area contributed by atoms with Crippen molar-refractivity contribution in [3.05, 3.63) is 0 Å². The lowest BCUT2D eigenvalue weighted by molar-refractivity contribution is 0.125. The van der Waals surface area contributed by atoms with Gasteiger partial charge in [-0.2, -0.15) is 0 Å². The van der Waals surface area contributed by atoms with Crippen LogP contribution in [0.4, 0.5) is 0 Å². The molecule has 1 rings (SSSR count). The molecule has 1 aliphatic rings. The molecule has 0 heterocycles. The molecule has 11 heavy (non-hydrogen) atoms. The van der Waals surface area contributed by atoms with Crippen molar-refractivity contribution in [2.24, 2.45) is 16.6 Å². The van der Waals surface area contributed by atoms with Gasteiger partial charge in [0.25, 0.3) is 0 Å². The number of aliphatic imine (C=N–C) groups is 1. The molecule has 1 fully saturated rings. The van der Waals surface area contributed by atoms with Crippen molar-refractivity contribution >= 4 is 5.84 Å². The number of rotatable bonds is 4. The quantitative estimate of drug-likeness (QED) is 0.483. The highest BCUT2D eigenvalue weighted by molar-refractivity contribution is 5.84. The highest BCUT2D eigenvalue weighted by Crippen LogP contribution is 2.28. The standard InChI is InChI=1S/C8H16N2O/c1-6(11-2)5-10-8(9)7-3-4-7/h6-7H,3-5H2,1-2H3,(H2,9,10). The van der Waals surface area contributed by atoms with E-state index in [1.165, 1.54) is 12.8 Å². The first-order chi connectivity index (χ1) is 5.24. The van der Waals surface area contributed by atoms with Crippen LogP contribution in [0, 0.1) is 5.92 Å². The third-order valence-electron chi connectivity index (χ3n) is 1.93. The predicted octanol–water partition coefficient (Wildman–Crippen LogP) is 0.789. The molecule has 0 radical (unpaired) electrons. The average molecular weight is 156 g/mol. The number of nitrogens with zero attached hydrogens (tertiary/aromatic N) is 1. The van der Waals surface area contributed by atoms with Crippen LogP contribution in [-0.2, 0) is 4.74 Å². The first-order valence-corrected chi connectivity index (χ1v) is 4.06. The SMILES string of the molecule is COC(C)CN=C(N)C1CC1. The summed E-state index contributed by atoms with van der Waals surface area (Å²) in [4.78, 5) is 4.23. The normalized spacial score (nSPS) is 21.8. The van der Waals surface area contributed by atoms with E-state index in [-0.39, 0.29) is 6.10 Å². The van der Waals surface area contributed by atoms with E-state index >= 15 is 0 Å². The second kappa shape index (κ2) is 3.72. The Morgan fingerprint density at radius 1 is 1.73 bits per heavy atom. The molecule has 2 N–H and O–H groups in total. The lowest BCUT2D eigenvalue weighted by Crippen LogP contribution is -2.18. The molecule has 0 bridgehead atoms. The summed E-state index contributed by atoms with van der Waals surface area (Å²) in [5.74, 6) is 1.40. The highest BCUT2D eigenvalue weighted by Gasteiger charge is 2.25. The monoisotopic (exact) mass is 156 g/mol. The lowest BCUT2D eigenvalue weighted by Gasteiger charge is -2.05. The van der Waals surface area contributed by atoms with E-state index in [4.69, 9.17) is 10.5 Å². The Bertz CT molecular complexity index is 152. The van der Waals surface area contributed by atoms with E-state index in [1.807, 2.05) is 6.92 Å². The summed E-state index contributed by atoms with van der Waals surface area (Å²) in [6.45, 7) is 2.68. The number of hydrogen-bond donors (Lipinski definition) is 1. The van der Waals surface area contributed by atoms with Gasteiger partial charge in [0.15, 0.2) is 0 Å². The van der Waals surface area contributed by atoms with Gasteiger partial charge in [-0.05, 0) is 19.8 Å². The lowest BCUT2D eigenvalue weighted by atomic mass is 10.3. The number of ether oxygens (including phenoxy) is 1. The maximum atomic E-state index is 5.68. The van der Waals surface area contributed by atoms with Gasteiger partial charge in [0.05, 0.1) is 18.5 Å². The van der Waals surface area contributed by atoms with Gasteiger partial charge in [0.1, 0.15) is 0 Å². The summed E-state index contributed by atoms with van der Waals surface area (Å²) >= 11 is 0. The van der Waals surface area contributed by atoms with E-state index in [1.54, 1.807) is 7.11 Å². The van der Waals surface area contributed by atoms with Crippen molar-refractivity contribution < 1.29 is 4.74 Å². The fraction of sp³-hybridized carbons (Fsp3) is 0.875. The summed E-state index contributed by atoms with van der Waals surface area (Å²) < 4.78 is 5.04. The van der Waals surface area contributed by atoms with Crippen molar-refractivity contribution in [1.29, 1.82) is 0 Å². The van der Waals surface area contributed by atoms with Crippen LogP contribution >= 0.6 is 0 Å². The zero-order valence-electron chi connectivity index (χ0n) is 7.21. The molecular weight excluding hydrogens is 140 g/mol. The first kappa shape index (κ1) is 8.53. The van der Waals surface area contributed by atoms with Crippen LogP contribution in [0.2, 0.25) is 0 Å². The van der Waals surface area contributed by atoms with Crippen molar-refractivity contribution in [2.75, 3.05) is 13.7 Å². The fourth-order valence-corrected chi connectivity index (χ4v) is 0.817. The summed E-state index contributed by atoms with van der Waals surface area (Å²) in [5.41, 5.74) is 5.68. The van der Waals surface area contributed by atoms with Crippen molar-refractivity contribution in [1.82, 2.24) is 0 Å². The Labute approximate surface area is 67.6 Å². The van der Waals surface area contributed by atoms with Crippen LogP contribution in [0.25, 0.3) is 0 Å². The van der Waals surface area contributed by atoms with E-state index in [0.717, 1.165) is 5.84 Å². The second-order valence-electron chi connectivity index (χ2n) is 3.09. The largest absolute Gasteiger partial charge is 0.387 e. The van der Waals surface area contributed by atoms with Crippen molar-refractivity contribution in [3.63, 3.8) is 0 Å². The zero-order chi connectivity index (χ0) is 8.27. The molecule has 1 unspecified atom stereocenters. The van der Waals surface area contributed by atoms with Gasteiger partial charge in [0, 0.05) is 13.0 Å². The maximum Gasteiger partial charge on any atom is 0.0969 e.